The van der Waals surface area contributed by atoms with Crippen molar-refractivity contribution in [2.24, 2.45) is 0 Å². The summed E-state index contributed by atoms with van der Waals surface area (Å²) >= 11 is 0. The molecule has 4 nitrogen and oxygen atoms in total. The molecule has 0 atom stereocenters. The van der Waals surface area contributed by atoms with Gasteiger partial charge in [0.05, 0.1) is 25.5 Å². The van der Waals surface area contributed by atoms with E-state index in [0.717, 1.165) is 11.3 Å². The fourth-order valence-corrected chi connectivity index (χ4v) is 1.97. The molecule has 0 spiro atoms. The van der Waals surface area contributed by atoms with Gasteiger partial charge in [0.15, 0.2) is 0 Å². The zero-order chi connectivity index (χ0) is 14.5. The molecule has 1 aromatic heterocycles. The van der Waals surface area contributed by atoms with Crippen LogP contribution in [0.3, 0.4) is 0 Å². The van der Waals surface area contributed by atoms with E-state index in [1.807, 2.05) is 24.1 Å². The van der Waals surface area contributed by atoms with Crippen molar-refractivity contribution in [1.82, 2.24) is 4.90 Å². The van der Waals surface area contributed by atoms with Gasteiger partial charge in [-0.3, -0.25) is 4.90 Å². The number of halogens is 1. The van der Waals surface area contributed by atoms with Crippen molar-refractivity contribution >= 4 is 5.97 Å². The Labute approximate surface area is 116 Å². The van der Waals surface area contributed by atoms with Crippen LogP contribution in [0.1, 0.15) is 21.7 Å². The van der Waals surface area contributed by atoms with Crippen LogP contribution in [0.2, 0.25) is 0 Å². The quantitative estimate of drug-likeness (QED) is 0.788. The lowest BCUT2D eigenvalue weighted by atomic mass is 10.1. The van der Waals surface area contributed by atoms with Crippen molar-refractivity contribution in [1.29, 1.82) is 0 Å². The molecule has 0 aliphatic rings. The molecule has 0 bridgehead atoms. The predicted molar refractivity (Wildman–Crippen MR) is 71.6 cm³/mol. The maximum atomic E-state index is 13.8. The Morgan fingerprint density at radius 1 is 1.35 bits per heavy atom. The van der Waals surface area contributed by atoms with Crippen LogP contribution in [-0.4, -0.2) is 25.0 Å². The Kier molecular flexibility index (Phi) is 4.53. The van der Waals surface area contributed by atoms with E-state index in [1.54, 1.807) is 12.3 Å². The number of rotatable bonds is 5. The van der Waals surface area contributed by atoms with Gasteiger partial charge in [-0.1, -0.05) is 6.07 Å². The number of benzene rings is 1. The molecule has 5 heteroatoms. The molecule has 1 heterocycles. The summed E-state index contributed by atoms with van der Waals surface area (Å²) in [6.07, 6.45) is 1.62. The number of carbonyl (C=O) groups is 1. The van der Waals surface area contributed by atoms with E-state index in [-0.39, 0.29) is 5.56 Å². The molecule has 106 valence electrons. The fourth-order valence-electron chi connectivity index (χ4n) is 1.97. The SMILES string of the molecule is COC(=O)c1ccc(CN(C)Cc2ccco2)cc1F. The Hall–Kier alpha value is -2.14. The third-order valence-corrected chi connectivity index (χ3v) is 2.90. The van der Waals surface area contributed by atoms with Gasteiger partial charge in [-0.25, -0.2) is 9.18 Å². The van der Waals surface area contributed by atoms with Crippen molar-refractivity contribution in [3.8, 4) is 0 Å². The first-order valence-electron chi connectivity index (χ1n) is 6.18. The van der Waals surface area contributed by atoms with Crippen molar-refractivity contribution < 1.29 is 18.3 Å². The van der Waals surface area contributed by atoms with Gasteiger partial charge in [-0.15, -0.1) is 0 Å². The average Bonchev–Trinajstić information content (AvgIpc) is 2.90. The zero-order valence-corrected chi connectivity index (χ0v) is 11.4. The number of ether oxygens (including phenoxy) is 1. The Balaban J connectivity index is 2.03. The lowest BCUT2D eigenvalue weighted by Crippen LogP contribution is -2.17. The minimum Gasteiger partial charge on any atom is -0.468 e. The van der Waals surface area contributed by atoms with Crippen molar-refractivity contribution in [3.63, 3.8) is 0 Å². The summed E-state index contributed by atoms with van der Waals surface area (Å²) in [6.45, 7) is 1.19. The molecule has 0 fully saturated rings. The van der Waals surface area contributed by atoms with Gasteiger partial charge >= 0.3 is 5.97 Å². The third-order valence-electron chi connectivity index (χ3n) is 2.90. The van der Waals surface area contributed by atoms with Crippen LogP contribution in [0.15, 0.2) is 41.0 Å². The van der Waals surface area contributed by atoms with Crippen LogP contribution in [0.25, 0.3) is 0 Å². The normalized spacial score (nSPS) is 10.8. The number of carbonyl (C=O) groups excluding carboxylic acids is 1. The summed E-state index contributed by atoms with van der Waals surface area (Å²) < 4.78 is 23.5. The standard InChI is InChI=1S/C15H16FNO3/c1-17(10-12-4-3-7-20-12)9-11-5-6-13(14(16)8-11)15(18)19-2/h3-8H,9-10H2,1-2H3. The molecule has 0 radical (unpaired) electrons. The van der Waals surface area contributed by atoms with Crippen LogP contribution in [0, 0.1) is 5.82 Å². The van der Waals surface area contributed by atoms with Crippen molar-refractivity contribution in [2.75, 3.05) is 14.2 Å². The van der Waals surface area contributed by atoms with Gasteiger partial charge < -0.3 is 9.15 Å². The molecule has 0 aliphatic heterocycles. The molecule has 0 unspecified atom stereocenters. The van der Waals surface area contributed by atoms with Crippen LogP contribution < -0.4 is 0 Å². The molecule has 0 saturated heterocycles. The maximum Gasteiger partial charge on any atom is 0.340 e. The first kappa shape index (κ1) is 14.3. The van der Waals surface area contributed by atoms with Crippen LogP contribution in [0.4, 0.5) is 4.39 Å². The lowest BCUT2D eigenvalue weighted by Gasteiger charge is -2.15. The molecule has 0 aliphatic carbocycles. The van der Waals surface area contributed by atoms with Crippen molar-refractivity contribution in [2.45, 2.75) is 13.1 Å². The van der Waals surface area contributed by atoms with E-state index in [0.29, 0.717) is 13.1 Å². The fraction of sp³-hybridized carbons (Fsp3) is 0.267. The first-order chi connectivity index (χ1) is 9.60. The van der Waals surface area contributed by atoms with Gasteiger partial charge in [0.25, 0.3) is 0 Å². The summed E-state index contributed by atoms with van der Waals surface area (Å²) in [4.78, 5) is 13.3. The highest BCUT2D eigenvalue weighted by Crippen LogP contribution is 2.14. The first-order valence-corrected chi connectivity index (χ1v) is 6.18. The molecule has 2 rings (SSSR count). The highest BCUT2D eigenvalue weighted by molar-refractivity contribution is 5.89. The Morgan fingerprint density at radius 3 is 2.75 bits per heavy atom. The molecule has 2 aromatic rings. The number of furan rings is 1. The topological polar surface area (TPSA) is 42.7 Å². The van der Waals surface area contributed by atoms with Crippen LogP contribution in [0.5, 0.6) is 0 Å². The predicted octanol–water partition coefficient (Wildman–Crippen LogP) is 2.84. The second-order valence-corrected chi connectivity index (χ2v) is 4.56. The van der Waals surface area contributed by atoms with E-state index in [2.05, 4.69) is 4.74 Å². The van der Waals surface area contributed by atoms with E-state index in [4.69, 9.17) is 4.42 Å². The van der Waals surface area contributed by atoms with Crippen molar-refractivity contribution in [3.05, 3.63) is 59.3 Å². The van der Waals surface area contributed by atoms with Gasteiger partial charge in [0.2, 0.25) is 0 Å². The van der Waals surface area contributed by atoms with Gasteiger partial charge in [-0.05, 0) is 36.9 Å². The summed E-state index contributed by atoms with van der Waals surface area (Å²) in [5, 5.41) is 0. The highest BCUT2D eigenvalue weighted by atomic mass is 19.1. The average molecular weight is 277 g/mol. The molecular weight excluding hydrogens is 261 g/mol. The van der Waals surface area contributed by atoms with Gasteiger partial charge in [0, 0.05) is 6.54 Å². The second kappa shape index (κ2) is 6.34. The van der Waals surface area contributed by atoms with Crippen LogP contribution in [-0.2, 0) is 17.8 Å². The maximum absolute atomic E-state index is 13.8. The zero-order valence-electron chi connectivity index (χ0n) is 11.4. The number of hydrogen-bond donors (Lipinski definition) is 0. The van der Waals surface area contributed by atoms with E-state index in [1.165, 1.54) is 19.2 Å². The third kappa shape index (κ3) is 3.45. The molecular formula is C15H16FNO3. The molecule has 1 aromatic carbocycles. The number of nitrogens with zero attached hydrogens (tertiary/aromatic N) is 1. The summed E-state index contributed by atoms with van der Waals surface area (Å²) in [7, 11) is 3.14. The summed E-state index contributed by atoms with van der Waals surface area (Å²) in [6, 6.07) is 8.22. The lowest BCUT2D eigenvalue weighted by molar-refractivity contribution is 0.0595. The monoisotopic (exact) mass is 277 g/mol. The van der Waals surface area contributed by atoms with E-state index >= 15 is 0 Å². The number of hydrogen-bond acceptors (Lipinski definition) is 4. The molecule has 0 saturated carbocycles. The second-order valence-electron chi connectivity index (χ2n) is 4.56. The smallest absolute Gasteiger partial charge is 0.340 e. The van der Waals surface area contributed by atoms with E-state index in [9.17, 15) is 9.18 Å². The summed E-state index contributed by atoms with van der Waals surface area (Å²) in [5.74, 6) is -0.391. The minimum atomic E-state index is -0.669. The van der Waals surface area contributed by atoms with E-state index < -0.39 is 11.8 Å². The number of methoxy groups -OCH3 is 1. The van der Waals surface area contributed by atoms with Gasteiger partial charge in [-0.2, -0.15) is 0 Å². The Morgan fingerprint density at radius 2 is 2.15 bits per heavy atom. The highest BCUT2D eigenvalue weighted by Gasteiger charge is 2.13. The number of esters is 1. The minimum absolute atomic E-state index is 0.0510. The largest absolute Gasteiger partial charge is 0.468 e. The molecule has 20 heavy (non-hydrogen) atoms. The summed E-state index contributed by atoms with van der Waals surface area (Å²) in [5.41, 5.74) is 0.731. The molecule has 0 amide bonds. The van der Waals surface area contributed by atoms with Crippen LogP contribution >= 0.6 is 0 Å². The molecule has 0 N–H and O–H groups in total. The van der Waals surface area contributed by atoms with Gasteiger partial charge in [0.1, 0.15) is 11.6 Å². The Bertz CT molecular complexity index is 581.